The van der Waals surface area contributed by atoms with Crippen molar-refractivity contribution in [1.29, 1.82) is 0 Å². The molecule has 0 amide bonds. The molecular weight excluding hydrogens is 228 g/mol. The van der Waals surface area contributed by atoms with Crippen molar-refractivity contribution >= 4 is 28.3 Å². The van der Waals surface area contributed by atoms with Crippen molar-refractivity contribution in [2.24, 2.45) is 0 Å². The van der Waals surface area contributed by atoms with E-state index in [0.29, 0.717) is 21.8 Å². The number of hydrogen-bond donors (Lipinski definition) is 0. The molecule has 0 aliphatic heterocycles. The molecule has 0 bridgehead atoms. The Hall–Kier alpha value is -1.82. The Morgan fingerprint density at radius 1 is 1.19 bits per heavy atom. The molecule has 3 aromatic heterocycles. The summed E-state index contributed by atoms with van der Waals surface area (Å²) in [6.07, 6.45) is 3.90. The number of rotatable bonds is 1. The van der Waals surface area contributed by atoms with Gasteiger partial charge in [0.2, 0.25) is 5.65 Å². The average Bonchev–Trinajstić information content (AvgIpc) is 2.72. The normalized spacial score (nSPS) is 11.4. The first-order valence-corrected chi connectivity index (χ1v) is 5.19. The molecule has 3 aromatic rings. The summed E-state index contributed by atoms with van der Waals surface area (Å²) in [7, 11) is 0. The quantitative estimate of drug-likeness (QED) is 0.635. The molecule has 80 valence electrons. The molecule has 6 nitrogen and oxygen atoms in total. The van der Waals surface area contributed by atoms with E-state index in [1.807, 2.05) is 6.92 Å². The summed E-state index contributed by atoms with van der Waals surface area (Å²) >= 11 is 6.03. The van der Waals surface area contributed by atoms with Crippen molar-refractivity contribution in [2.45, 2.75) is 13.3 Å². The van der Waals surface area contributed by atoms with Gasteiger partial charge in [-0.1, -0.05) is 18.5 Å². The van der Waals surface area contributed by atoms with Crippen molar-refractivity contribution in [3.63, 3.8) is 0 Å². The number of halogens is 1. The van der Waals surface area contributed by atoms with Crippen LogP contribution in [0.25, 0.3) is 16.7 Å². The molecule has 0 unspecified atom stereocenters. The second-order valence-electron chi connectivity index (χ2n) is 3.25. The van der Waals surface area contributed by atoms with Crippen molar-refractivity contribution in [3.05, 3.63) is 23.4 Å². The van der Waals surface area contributed by atoms with E-state index in [-0.39, 0.29) is 0 Å². The van der Waals surface area contributed by atoms with Gasteiger partial charge in [0.05, 0.1) is 0 Å². The lowest BCUT2D eigenvalue weighted by atomic mass is 10.4. The third kappa shape index (κ3) is 1.16. The summed E-state index contributed by atoms with van der Waals surface area (Å²) < 4.78 is 1.61. The second kappa shape index (κ2) is 3.34. The van der Waals surface area contributed by atoms with E-state index in [9.17, 15) is 0 Å². The first-order valence-electron chi connectivity index (χ1n) is 4.81. The summed E-state index contributed by atoms with van der Waals surface area (Å²) in [5, 5.41) is 12.6. The van der Waals surface area contributed by atoms with Gasteiger partial charge in [-0.05, 0) is 0 Å². The maximum absolute atomic E-state index is 6.03. The predicted octanol–water partition coefficient (Wildman–Crippen LogP) is 1.28. The van der Waals surface area contributed by atoms with E-state index < -0.39 is 0 Å². The van der Waals surface area contributed by atoms with Gasteiger partial charge >= 0.3 is 0 Å². The number of fused-ring (bicyclic) bond motifs is 3. The molecule has 0 fully saturated rings. The molecule has 16 heavy (non-hydrogen) atoms. The van der Waals surface area contributed by atoms with Crippen molar-refractivity contribution in [2.75, 3.05) is 0 Å². The van der Waals surface area contributed by atoms with Crippen LogP contribution in [0.15, 0.2) is 12.4 Å². The van der Waals surface area contributed by atoms with E-state index in [0.717, 1.165) is 12.2 Å². The van der Waals surface area contributed by atoms with Crippen LogP contribution in [0.3, 0.4) is 0 Å². The third-order valence-electron chi connectivity index (χ3n) is 2.31. The van der Waals surface area contributed by atoms with Gasteiger partial charge in [-0.15, -0.1) is 10.2 Å². The van der Waals surface area contributed by atoms with Gasteiger partial charge < -0.3 is 0 Å². The molecule has 3 rings (SSSR count). The third-order valence-corrected chi connectivity index (χ3v) is 2.57. The smallest absolute Gasteiger partial charge is 0.205 e. The highest BCUT2D eigenvalue weighted by Crippen LogP contribution is 2.20. The standard InChI is InChI=1S/C9H7ClN6/c1-2-5-13-14-9-7-6(11-3-4-12-7)8(10)15-16(5)9/h3-4H,2H2,1H3. The first kappa shape index (κ1) is 9.41. The highest BCUT2D eigenvalue weighted by atomic mass is 35.5. The molecule has 0 aliphatic rings. The van der Waals surface area contributed by atoms with E-state index in [4.69, 9.17) is 11.6 Å². The summed E-state index contributed by atoms with van der Waals surface area (Å²) in [5.41, 5.74) is 1.76. The number of hydrogen-bond acceptors (Lipinski definition) is 5. The van der Waals surface area contributed by atoms with E-state index in [1.165, 1.54) is 0 Å². The minimum atomic E-state index is 0.310. The zero-order chi connectivity index (χ0) is 11.1. The molecule has 0 radical (unpaired) electrons. The fourth-order valence-corrected chi connectivity index (χ4v) is 1.79. The topological polar surface area (TPSA) is 68.9 Å². The van der Waals surface area contributed by atoms with Crippen molar-refractivity contribution < 1.29 is 0 Å². The predicted molar refractivity (Wildman–Crippen MR) is 58.3 cm³/mol. The molecule has 0 aliphatic carbocycles. The maximum Gasteiger partial charge on any atom is 0.205 e. The van der Waals surface area contributed by atoms with Crippen LogP contribution in [0.2, 0.25) is 5.15 Å². The Bertz CT molecular complexity index is 676. The van der Waals surface area contributed by atoms with Gasteiger partial charge in [-0.3, -0.25) is 0 Å². The number of aromatic nitrogens is 6. The lowest BCUT2D eigenvalue weighted by molar-refractivity contribution is 0.826. The monoisotopic (exact) mass is 234 g/mol. The molecule has 3 heterocycles. The summed E-state index contributed by atoms with van der Waals surface area (Å²) in [6.45, 7) is 1.98. The minimum absolute atomic E-state index is 0.310. The summed E-state index contributed by atoms with van der Waals surface area (Å²) in [4.78, 5) is 8.34. The number of nitrogens with zero attached hydrogens (tertiary/aromatic N) is 6. The van der Waals surface area contributed by atoms with Crippen LogP contribution in [0.5, 0.6) is 0 Å². The van der Waals surface area contributed by atoms with Gasteiger partial charge in [-0.2, -0.15) is 9.61 Å². The molecule has 0 spiro atoms. The van der Waals surface area contributed by atoms with Gasteiger partial charge in [0.25, 0.3) is 0 Å². The second-order valence-corrected chi connectivity index (χ2v) is 3.61. The summed E-state index contributed by atoms with van der Waals surface area (Å²) in [5.74, 6) is 0.754. The van der Waals surface area contributed by atoms with Crippen molar-refractivity contribution in [1.82, 2.24) is 29.8 Å². The van der Waals surface area contributed by atoms with Gasteiger partial charge in [0.1, 0.15) is 11.0 Å². The Morgan fingerprint density at radius 3 is 2.69 bits per heavy atom. The summed E-state index contributed by atoms with van der Waals surface area (Å²) in [6, 6.07) is 0. The van der Waals surface area contributed by atoms with E-state index >= 15 is 0 Å². The highest BCUT2D eigenvalue weighted by molar-refractivity contribution is 6.33. The zero-order valence-corrected chi connectivity index (χ0v) is 9.18. The SMILES string of the molecule is CCc1nnc2c3nccnc3c(Cl)nn12. The van der Waals surface area contributed by atoms with E-state index in [2.05, 4.69) is 25.3 Å². The number of aryl methyl sites for hydroxylation is 1. The van der Waals surface area contributed by atoms with Crippen LogP contribution in [0.4, 0.5) is 0 Å². The largest absolute Gasteiger partial charge is 0.250 e. The van der Waals surface area contributed by atoms with Crippen molar-refractivity contribution in [3.8, 4) is 0 Å². The minimum Gasteiger partial charge on any atom is -0.250 e. The van der Waals surface area contributed by atoms with Crippen LogP contribution in [-0.2, 0) is 6.42 Å². The molecule has 0 aromatic carbocycles. The molecular formula is C9H7ClN6. The molecule has 0 N–H and O–H groups in total. The van der Waals surface area contributed by atoms with Gasteiger partial charge in [-0.25, -0.2) is 9.97 Å². The highest BCUT2D eigenvalue weighted by Gasteiger charge is 2.13. The molecule has 0 saturated carbocycles. The van der Waals surface area contributed by atoms with Crippen LogP contribution in [-0.4, -0.2) is 29.8 Å². The maximum atomic E-state index is 6.03. The lowest BCUT2D eigenvalue weighted by Crippen LogP contribution is -2.00. The Labute approximate surface area is 95.3 Å². The molecule has 0 atom stereocenters. The Morgan fingerprint density at radius 2 is 1.94 bits per heavy atom. The fourth-order valence-electron chi connectivity index (χ4n) is 1.57. The van der Waals surface area contributed by atoms with Gasteiger partial charge in [0, 0.05) is 18.8 Å². The van der Waals surface area contributed by atoms with Gasteiger partial charge in [0.15, 0.2) is 11.0 Å². The molecule has 7 heteroatoms. The fraction of sp³-hybridized carbons (Fsp3) is 0.222. The average molecular weight is 235 g/mol. The van der Waals surface area contributed by atoms with Crippen LogP contribution >= 0.6 is 11.6 Å². The van der Waals surface area contributed by atoms with Crippen LogP contribution in [0, 0.1) is 0 Å². The Balaban J connectivity index is 2.55. The van der Waals surface area contributed by atoms with Crippen LogP contribution in [0.1, 0.15) is 12.7 Å². The zero-order valence-electron chi connectivity index (χ0n) is 8.42. The Kier molecular flexibility index (Phi) is 1.97. The van der Waals surface area contributed by atoms with Crippen LogP contribution < -0.4 is 0 Å². The first-order chi connectivity index (χ1) is 7.81. The molecule has 0 saturated heterocycles. The van der Waals surface area contributed by atoms with E-state index in [1.54, 1.807) is 16.9 Å². The lowest BCUT2D eigenvalue weighted by Gasteiger charge is -2.00.